The van der Waals surface area contributed by atoms with Crippen LogP contribution in [0.2, 0.25) is 0 Å². The summed E-state index contributed by atoms with van der Waals surface area (Å²) in [5, 5.41) is 12.2. The molecule has 2 nitrogen and oxygen atoms in total. The molecule has 0 bridgehead atoms. The van der Waals surface area contributed by atoms with Gasteiger partial charge in [-0.3, -0.25) is 0 Å². The molecular weight excluding hydrogens is 194 g/mol. The fourth-order valence-corrected chi connectivity index (χ4v) is 3.08. The molecule has 0 radical (unpaired) electrons. The lowest BCUT2D eigenvalue weighted by Crippen LogP contribution is -1.93. The topological polar surface area (TPSA) is 33.1 Å². The van der Waals surface area contributed by atoms with E-state index >= 15 is 0 Å². The smallest absolute Gasteiger partial charge is 0.0959 e. The molecule has 0 atom stereocenters. The van der Waals surface area contributed by atoms with Crippen LogP contribution in [0.1, 0.15) is 48.7 Å². The zero-order valence-electron chi connectivity index (χ0n) is 8.41. The van der Waals surface area contributed by atoms with Crippen molar-refractivity contribution < 1.29 is 5.11 Å². The highest BCUT2D eigenvalue weighted by molar-refractivity contribution is 7.09. The van der Waals surface area contributed by atoms with Crippen LogP contribution in [-0.4, -0.2) is 16.7 Å². The molecule has 14 heavy (non-hydrogen) atoms. The number of rotatable bonds is 4. The Hall–Kier alpha value is -0.410. The molecule has 1 aromatic heterocycles. The Kier molecular flexibility index (Phi) is 3.54. The molecule has 0 aliphatic heterocycles. The molecule has 2 rings (SSSR count). The molecular formula is C11H17NOS. The van der Waals surface area contributed by atoms with Crippen molar-refractivity contribution >= 4 is 11.3 Å². The molecule has 1 fully saturated rings. The van der Waals surface area contributed by atoms with Gasteiger partial charge in [0.15, 0.2) is 0 Å². The molecule has 0 amide bonds. The van der Waals surface area contributed by atoms with Crippen LogP contribution in [0.3, 0.4) is 0 Å². The number of thiazole rings is 1. The first-order valence-corrected chi connectivity index (χ1v) is 6.33. The van der Waals surface area contributed by atoms with Crippen LogP contribution in [0, 0.1) is 0 Å². The van der Waals surface area contributed by atoms with Crippen LogP contribution in [0.5, 0.6) is 0 Å². The summed E-state index contributed by atoms with van der Waals surface area (Å²) in [5.74, 6) is 0.739. The number of aryl methyl sites for hydroxylation is 1. The van der Waals surface area contributed by atoms with Crippen molar-refractivity contribution in [3.05, 3.63) is 16.1 Å². The Morgan fingerprint density at radius 1 is 1.43 bits per heavy atom. The van der Waals surface area contributed by atoms with Gasteiger partial charge in [-0.1, -0.05) is 12.8 Å². The number of aliphatic hydroxyl groups is 1. The third-order valence-electron chi connectivity index (χ3n) is 2.86. The van der Waals surface area contributed by atoms with Gasteiger partial charge in [0.2, 0.25) is 0 Å². The van der Waals surface area contributed by atoms with Gasteiger partial charge >= 0.3 is 0 Å². The Morgan fingerprint density at radius 2 is 2.21 bits per heavy atom. The summed E-state index contributed by atoms with van der Waals surface area (Å²) in [4.78, 5) is 4.64. The average Bonchev–Trinajstić information content (AvgIpc) is 2.85. The molecule has 0 spiro atoms. The van der Waals surface area contributed by atoms with Gasteiger partial charge in [0.1, 0.15) is 0 Å². The van der Waals surface area contributed by atoms with Crippen molar-refractivity contribution in [3.63, 3.8) is 0 Å². The average molecular weight is 211 g/mol. The highest BCUT2D eigenvalue weighted by Gasteiger charge is 2.19. The van der Waals surface area contributed by atoms with Crippen molar-refractivity contribution in [1.82, 2.24) is 4.98 Å². The lowest BCUT2D eigenvalue weighted by Gasteiger charge is -2.02. The normalized spacial score (nSPS) is 17.8. The van der Waals surface area contributed by atoms with Gasteiger partial charge in [0.25, 0.3) is 0 Å². The SMILES string of the molecule is OCCCc1csc(C2CCCC2)n1. The molecule has 1 saturated carbocycles. The van der Waals surface area contributed by atoms with E-state index in [-0.39, 0.29) is 6.61 Å². The lowest BCUT2D eigenvalue weighted by atomic mass is 10.1. The van der Waals surface area contributed by atoms with E-state index in [1.54, 1.807) is 11.3 Å². The van der Waals surface area contributed by atoms with Crippen LogP contribution in [-0.2, 0) is 6.42 Å². The molecule has 1 aromatic rings. The minimum absolute atomic E-state index is 0.274. The summed E-state index contributed by atoms with van der Waals surface area (Å²) in [6.07, 6.45) is 7.17. The highest BCUT2D eigenvalue weighted by atomic mass is 32.1. The van der Waals surface area contributed by atoms with Crippen molar-refractivity contribution in [2.24, 2.45) is 0 Å². The second kappa shape index (κ2) is 4.89. The number of aliphatic hydroxyl groups excluding tert-OH is 1. The quantitative estimate of drug-likeness (QED) is 0.830. The molecule has 3 heteroatoms. The Bertz CT molecular complexity index is 279. The van der Waals surface area contributed by atoms with Crippen molar-refractivity contribution in [2.75, 3.05) is 6.61 Å². The highest BCUT2D eigenvalue weighted by Crippen LogP contribution is 2.35. The minimum atomic E-state index is 0.274. The third-order valence-corrected chi connectivity index (χ3v) is 3.92. The zero-order chi connectivity index (χ0) is 9.80. The molecule has 1 heterocycles. The maximum atomic E-state index is 8.72. The second-order valence-corrected chi connectivity index (χ2v) is 4.88. The minimum Gasteiger partial charge on any atom is -0.396 e. The van der Waals surface area contributed by atoms with E-state index in [1.165, 1.54) is 36.4 Å². The van der Waals surface area contributed by atoms with Crippen molar-refractivity contribution in [1.29, 1.82) is 0 Å². The van der Waals surface area contributed by atoms with E-state index in [0.29, 0.717) is 0 Å². The third kappa shape index (κ3) is 2.34. The molecule has 0 saturated heterocycles. The van der Waals surface area contributed by atoms with Gasteiger partial charge in [-0.25, -0.2) is 4.98 Å². The maximum absolute atomic E-state index is 8.72. The van der Waals surface area contributed by atoms with Gasteiger partial charge in [-0.2, -0.15) is 0 Å². The van der Waals surface area contributed by atoms with Crippen molar-refractivity contribution in [2.45, 2.75) is 44.4 Å². The fraction of sp³-hybridized carbons (Fsp3) is 0.727. The first-order chi connectivity index (χ1) is 6.90. The maximum Gasteiger partial charge on any atom is 0.0959 e. The summed E-state index contributed by atoms with van der Waals surface area (Å²) in [6, 6.07) is 0. The molecule has 0 aromatic carbocycles. The second-order valence-electron chi connectivity index (χ2n) is 3.99. The summed E-state index contributed by atoms with van der Waals surface area (Å²) in [6.45, 7) is 0.274. The first kappa shape index (κ1) is 10.1. The van der Waals surface area contributed by atoms with Crippen LogP contribution in [0.4, 0.5) is 0 Å². The molecule has 0 unspecified atom stereocenters. The van der Waals surface area contributed by atoms with Gasteiger partial charge < -0.3 is 5.11 Å². The monoisotopic (exact) mass is 211 g/mol. The van der Waals surface area contributed by atoms with Gasteiger partial charge in [0.05, 0.1) is 10.7 Å². The van der Waals surface area contributed by atoms with Gasteiger partial charge in [-0.15, -0.1) is 11.3 Å². The number of hydrogen-bond acceptors (Lipinski definition) is 3. The zero-order valence-corrected chi connectivity index (χ0v) is 9.22. The van der Waals surface area contributed by atoms with Gasteiger partial charge in [0, 0.05) is 17.9 Å². The summed E-state index contributed by atoms with van der Waals surface area (Å²) < 4.78 is 0. The number of hydrogen-bond donors (Lipinski definition) is 1. The molecule has 78 valence electrons. The standard InChI is InChI=1S/C11H17NOS/c13-7-3-6-10-8-14-11(12-10)9-4-1-2-5-9/h8-9,13H,1-7H2. The van der Waals surface area contributed by atoms with E-state index < -0.39 is 0 Å². The predicted octanol–water partition coefficient (Wildman–Crippen LogP) is 2.73. The molecule has 1 N–H and O–H groups in total. The van der Waals surface area contributed by atoms with E-state index in [2.05, 4.69) is 10.4 Å². The fourth-order valence-electron chi connectivity index (χ4n) is 2.06. The predicted molar refractivity (Wildman–Crippen MR) is 58.7 cm³/mol. The van der Waals surface area contributed by atoms with Crippen LogP contribution in [0.15, 0.2) is 5.38 Å². The summed E-state index contributed by atoms with van der Waals surface area (Å²) in [5.41, 5.74) is 1.17. The van der Waals surface area contributed by atoms with E-state index in [9.17, 15) is 0 Å². The van der Waals surface area contributed by atoms with Crippen molar-refractivity contribution in [3.8, 4) is 0 Å². The first-order valence-electron chi connectivity index (χ1n) is 5.45. The van der Waals surface area contributed by atoms with Crippen LogP contribution < -0.4 is 0 Å². The van der Waals surface area contributed by atoms with E-state index in [0.717, 1.165) is 18.8 Å². The molecule has 1 aliphatic rings. The number of aromatic nitrogens is 1. The summed E-state index contributed by atoms with van der Waals surface area (Å²) >= 11 is 1.80. The Balaban J connectivity index is 1.94. The van der Waals surface area contributed by atoms with E-state index in [1.807, 2.05) is 0 Å². The summed E-state index contributed by atoms with van der Waals surface area (Å²) in [7, 11) is 0. The largest absolute Gasteiger partial charge is 0.396 e. The lowest BCUT2D eigenvalue weighted by molar-refractivity contribution is 0.288. The van der Waals surface area contributed by atoms with Crippen LogP contribution in [0.25, 0.3) is 0 Å². The Morgan fingerprint density at radius 3 is 2.93 bits per heavy atom. The van der Waals surface area contributed by atoms with Gasteiger partial charge in [-0.05, 0) is 25.7 Å². The van der Waals surface area contributed by atoms with Crippen LogP contribution >= 0.6 is 11.3 Å². The Labute approximate surface area is 89.0 Å². The number of nitrogens with zero attached hydrogens (tertiary/aromatic N) is 1. The van der Waals surface area contributed by atoms with E-state index in [4.69, 9.17) is 5.11 Å². The molecule has 1 aliphatic carbocycles.